The van der Waals surface area contributed by atoms with Crippen molar-refractivity contribution >= 4 is 23.5 Å². The van der Waals surface area contributed by atoms with Crippen molar-refractivity contribution in [1.29, 1.82) is 0 Å². The molecule has 2 rings (SSSR count). The molecule has 1 atom stereocenters. The SMILES string of the molecule is CC(C)CN1CCOC(COC(=O)CCCNC(=O)c2ccc(Cl)cc2)C1. The van der Waals surface area contributed by atoms with Crippen LogP contribution in [0.2, 0.25) is 5.02 Å². The Bertz CT molecular complexity index is 607. The van der Waals surface area contributed by atoms with Crippen LogP contribution in [0.15, 0.2) is 24.3 Å². The molecule has 150 valence electrons. The number of benzene rings is 1. The summed E-state index contributed by atoms with van der Waals surface area (Å²) in [5, 5.41) is 3.37. The summed E-state index contributed by atoms with van der Waals surface area (Å²) in [6.07, 6.45) is 0.734. The number of ether oxygens (including phenoxy) is 2. The number of rotatable bonds is 9. The van der Waals surface area contributed by atoms with Crippen LogP contribution in [0.3, 0.4) is 0 Å². The number of nitrogens with zero attached hydrogens (tertiary/aromatic N) is 1. The Hall–Kier alpha value is -1.63. The van der Waals surface area contributed by atoms with Gasteiger partial charge in [0.2, 0.25) is 0 Å². The van der Waals surface area contributed by atoms with Crippen molar-refractivity contribution in [2.45, 2.75) is 32.8 Å². The van der Waals surface area contributed by atoms with Gasteiger partial charge >= 0.3 is 5.97 Å². The maximum Gasteiger partial charge on any atom is 0.305 e. The molecule has 0 saturated carbocycles. The zero-order valence-electron chi connectivity index (χ0n) is 16.1. The Morgan fingerprint density at radius 2 is 2.07 bits per heavy atom. The van der Waals surface area contributed by atoms with E-state index in [1.54, 1.807) is 24.3 Å². The van der Waals surface area contributed by atoms with Gasteiger partial charge in [-0.15, -0.1) is 0 Å². The Balaban J connectivity index is 1.58. The van der Waals surface area contributed by atoms with Gasteiger partial charge in [0.05, 0.1) is 6.61 Å². The van der Waals surface area contributed by atoms with Crippen molar-refractivity contribution < 1.29 is 19.1 Å². The molecule has 1 aliphatic rings. The Kier molecular flexibility index (Phi) is 9.04. The lowest BCUT2D eigenvalue weighted by Crippen LogP contribution is -2.45. The zero-order valence-corrected chi connectivity index (χ0v) is 16.8. The average molecular weight is 397 g/mol. The summed E-state index contributed by atoms with van der Waals surface area (Å²) in [5.41, 5.74) is 0.544. The number of nitrogens with one attached hydrogen (secondary N) is 1. The first-order valence-corrected chi connectivity index (χ1v) is 9.85. The number of hydrogen-bond acceptors (Lipinski definition) is 5. The number of carbonyl (C=O) groups is 2. The van der Waals surface area contributed by atoms with E-state index in [4.69, 9.17) is 21.1 Å². The second-order valence-electron chi connectivity index (χ2n) is 7.20. The molecule has 0 bridgehead atoms. The summed E-state index contributed by atoms with van der Waals surface area (Å²) in [5.74, 6) is 0.163. The standard InChI is InChI=1S/C20H29ClN2O4/c1-15(2)12-23-10-11-26-18(13-23)14-27-19(24)4-3-9-22-20(25)16-5-7-17(21)8-6-16/h5-8,15,18H,3-4,9-14H2,1-2H3,(H,22,25). The molecular formula is C20H29ClN2O4. The van der Waals surface area contributed by atoms with E-state index in [0.29, 0.717) is 36.1 Å². The Morgan fingerprint density at radius 3 is 2.78 bits per heavy atom. The molecule has 1 saturated heterocycles. The maximum atomic E-state index is 11.9. The summed E-state index contributed by atoms with van der Waals surface area (Å²) in [4.78, 5) is 26.2. The van der Waals surface area contributed by atoms with Gasteiger partial charge in [-0.25, -0.2) is 0 Å². The van der Waals surface area contributed by atoms with Crippen LogP contribution >= 0.6 is 11.6 Å². The topological polar surface area (TPSA) is 67.9 Å². The molecule has 27 heavy (non-hydrogen) atoms. The number of amides is 1. The van der Waals surface area contributed by atoms with E-state index in [0.717, 1.165) is 19.6 Å². The summed E-state index contributed by atoms with van der Waals surface area (Å²) in [6.45, 7) is 8.50. The van der Waals surface area contributed by atoms with Crippen molar-refractivity contribution in [2.24, 2.45) is 5.92 Å². The second-order valence-corrected chi connectivity index (χ2v) is 7.63. The van der Waals surface area contributed by atoms with Gasteiger partial charge in [0.15, 0.2) is 0 Å². The number of halogens is 1. The highest BCUT2D eigenvalue weighted by Crippen LogP contribution is 2.10. The third-order valence-electron chi connectivity index (χ3n) is 4.23. The van der Waals surface area contributed by atoms with Crippen LogP contribution < -0.4 is 5.32 Å². The van der Waals surface area contributed by atoms with E-state index in [1.165, 1.54) is 0 Å². The quantitative estimate of drug-likeness (QED) is 0.513. The van der Waals surface area contributed by atoms with Gasteiger partial charge in [0.25, 0.3) is 5.91 Å². The van der Waals surface area contributed by atoms with Gasteiger partial charge in [0.1, 0.15) is 12.7 Å². The minimum atomic E-state index is -0.264. The van der Waals surface area contributed by atoms with Crippen LogP contribution in [-0.4, -0.2) is 62.3 Å². The van der Waals surface area contributed by atoms with Crippen molar-refractivity contribution in [3.05, 3.63) is 34.9 Å². The highest BCUT2D eigenvalue weighted by Gasteiger charge is 2.22. The monoisotopic (exact) mass is 396 g/mol. The molecule has 1 fully saturated rings. The van der Waals surface area contributed by atoms with Gasteiger partial charge in [-0.1, -0.05) is 25.4 Å². The Morgan fingerprint density at radius 1 is 1.33 bits per heavy atom. The predicted molar refractivity (Wildman–Crippen MR) is 105 cm³/mol. The molecule has 6 nitrogen and oxygen atoms in total. The molecule has 1 amide bonds. The van der Waals surface area contributed by atoms with Crippen molar-refractivity contribution in [1.82, 2.24) is 10.2 Å². The number of morpholine rings is 1. The summed E-state index contributed by atoms with van der Waals surface area (Å²) < 4.78 is 11.0. The highest BCUT2D eigenvalue weighted by atomic mass is 35.5. The number of hydrogen-bond donors (Lipinski definition) is 1. The molecule has 0 spiro atoms. The van der Waals surface area contributed by atoms with Crippen molar-refractivity contribution in [3.8, 4) is 0 Å². The van der Waals surface area contributed by atoms with Crippen molar-refractivity contribution in [2.75, 3.05) is 39.4 Å². The van der Waals surface area contributed by atoms with Gasteiger partial charge < -0.3 is 14.8 Å². The fourth-order valence-corrected chi connectivity index (χ4v) is 3.09. The molecule has 1 aromatic rings. The van der Waals surface area contributed by atoms with Crippen LogP contribution in [0, 0.1) is 5.92 Å². The fourth-order valence-electron chi connectivity index (χ4n) is 2.96. The lowest BCUT2D eigenvalue weighted by Gasteiger charge is -2.33. The van der Waals surface area contributed by atoms with Crippen LogP contribution in [0.1, 0.15) is 37.0 Å². The normalized spacial score (nSPS) is 17.7. The van der Waals surface area contributed by atoms with E-state index in [1.807, 2.05) is 0 Å². The lowest BCUT2D eigenvalue weighted by atomic mass is 10.2. The first-order chi connectivity index (χ1) is 12.9. The molecule has 1 aromatic carbocycles. The van der Waals surface area contributed by atoms with E-state index >= 15 is 0 Å². The first kappa shape index (κ1) is 21.7. The maximum absolute atomic E-state index is 11.9. The molecule has 0 aromatic heterocycles. The third-order valence-corrected chi connectivity index (χ3v) is 4.48. The molecule has 1 N–H and O–H groups in total. The molecule has 1 unspecified atom stereocenters. The van der Waals surface area contributed by atoms with E-state index in [-0.39, 0.29) is 31.0 Å². The molecule has 7 heteroatoms. The van der Waals surface area contributed by atoms with E-state index < -0.39 is 0 Å². The van der Waals surface area contributed by atoms with Gasteiger partial charge in [0, 0.05) is 43.2 Å². The summed E-state index contributed by atoms with van der Waals surface area (Å²) in [7, 11) is 0. The summed E-state index contributed by atoms with van der Waals surface area (Å²) >= 11 is 5.80. The zero-order chi connectivity index (χ0) is 19.6. The van der Waals surface area contributed by atoms with Gasteiger partial charge in [-0.3, -0.25) is 14.5 Å². The highest BCUT2D eigenvalue weighted by molar-refractivity contribution is 6.30. The van der Waals surface area contributed by atoms with Crippen LogP contribution in [-0.2, 0) is 14.3 Å². The van der Waals surface area contributed by atoms with Crippen molar-refractivity contribution in [3.63, 3.8) is 0 Å². The molecule has 0 aliphatic carbocycles. The van der Waals surface area contributed by atoms with Gasteiger partial charge in [-0.2, -0.15) is 0 Å². The lowest BCUT2D eigenvalue weighted by molar-refractivity contribution is -0.150. The average Bonchev–Trinajstić information content (AvgIpc) is 2.64. The second kappa shape index (κ2) is 11.3. The van der Waals surface area contributed by atoms with E-state index in [9.17, 15) is 9.59 Å². The molecule has 0 radical (unpaired) electrons. The Labute approximate surface area is 166 Å². The minimum Gasteiger partial charge on any atom is -0.463 e. The smallest absolute Gasteiger partial charge is 0.305 e. The largest absolute Gasteiger partial charge is 0.463 e. The number of carbonyl (C=O) groups excluding carboxylic acids is 2. The fraction of sp³-hybridized carbons (Fsp3) is 0.600. The van der Waals surface area contributed by atoms with Crippen LogP contribution in [0.25, 0.3) is 0 Å². The van der Waals surface area contributed by atoms with Crippen LogP contribution in [0.5, 0.6) is 0 Å². The number of esters is 1. The predicted octanol–water partition coefficient (Wildman–Crippen LogP) is 2.75. The summed E-state index contributed by atoms with van der Waals surface area (Å²) in [6, 6.07) is 6.67. The molecule has 1 heterocycles. The van der Waals surface area contributed by atoms with E-state index in [2.05, 4.69) is 24.1 Å². The van der Waals surface area contributed by atoms with Gasteiger partial charge in [-0.05, 0) is 36.6 Å². The third kappa shape index (κ3) is 8.28. The first-order valence-electron chi connectivity index (χ1n) is 9.47. The van der Waals surface area contributed by atoms with Crippen LogP contribution in [0.4, 0.5) is 0 Å². The molecular weight excluding hydrogens is 368 g/mol. The molecule has 1 aliphatic heterocycles. The minimum absolute atomic E-state index is 0.0638.